The third-order valence-electron chi connectivity index (χ3n) is 1.54. The lowest BCUT2D eigenvalue weighted by molar-refractivity contribution is -0.152. The zero-order chi connectivity index (χ0) is 12.4. The Bertz CT molecular complexity index is 319. The Morgan fingerprint density at radius 2 is 1.75 bits per heavy atom. The standard InChI is InChI=1S/C10H10O4.C2H6/c11-9(12)6-10(13)14-7-8-4-2-1-3-5-8;1-2/h1-5H,6-7H2,(H,11,12);1-2H3. The van der Waals surface area contributed by atoms with Crippen molar-refractivity contribution in [2.24, 2.45) is 0 Å². The summed E-state index contributed by atoms with van der Waals surface area (Å²) in [5.41, 5.74) is 0.839. The van der Waals surface area contributed by atoms with E-state index in [-0.39, 0.29) is 6.61 Å². The average Bonchev–Trinajstić information content (AvgIpc) is 2.30. The molecule has 0 unspecified atom stereocenters. The van der Waals surface area contributed by atoms with Gasteiger partial charge in [0.05, 0.1) is 0 Å². The molecule has 4 heteroatoms. The molecule has 1 aromatic rings. The van der Waals surface area contributed by atoms with Gasteiger partial charge in [-0.05, 0) is 5.56 Å². The largest absolute Gasteiger partial charge is 0.481 e. The maximum Gasteiger partial charge on any atom is 0.317 e. The summed E-state index contributed by atoms with van der Waals surface area (Å²) < 4.78 is 4.72. The van der Waals surface area contributed by atoms with E-state index in [9.17, 15) is 9.59 Å². The lowest BCUT2D eigenvalue weighted by atomic mass is 10.2. The summed E-state index contributed by atoms with van der Waals surface area (Å²) in [6.45, 7) is 4.12. The van der Waals surface area contributed by atoms with Gasteiger partial charge in [0, 0.05) is 0 Å². The highest BCUT2D eigenvalue weighted by Crippen LogP contribution is 2.01. The van der Waals surface area contributed by atoms with E-state index in [2.05, 4.69) is 0 Å². The number of carbonyl (C=O) groups is 2. The SMILES string of the molecule is CC.O=C(O)CC(=O)OCc1ccccc1. The molecule has 0 saturated carbocycles. The Morgan fingerprint density at radius 3 is 2.25 bits per heavy atom. The fourth-order valence-electron chi connectivity index (χ4n) is 0.913. The van der Waals surface area contributed by atoms with Gasteiger partial charge >= 0.3 is 11.9 Å². The fourth-order valence-corrected chi connectivity index (χ4v) is 0.913. The van der Waals surface area contributed by atoms with Crippen LogP contribution < -0.4 is 0 Å². The predicted octanol–water partition coefficient (Wildman–Crippen LogP) is 2.23. The number of carbonyl (C=O) groups excluding carboxylic acids is 1. The summed E-state index contributed by atoms with van der Waals surface area (Å²) in [7, 11) is 0. The van der Waals surface area contributed by atoms with Crippen LogP contribution in [-0.2, 0) is 20.9 Å². The number of ether oxygens (including phenoxy) is 1. The van der Waals surface area contributed by atoms with Crippen LogP contribution in [0.2, 0.25) is 0 Å². The van der Waals surface area contributed by atoms with Crippen molar-refractivity contribution in [3.63, 3.8) is 0 Å². The normalized spacial score (nSPS) is 8.62. The zero-order valence-electron chi connectivity index (χ0n) is 9.47. The molecule has 1 N–H and O–H groups in total. The minimum atomic E-state index is -1.18. The molecule has 88 valence electrons. The first-order valence-electron chi connectivity index (χ1n) is 5.10. The Labute approximate surface area is 94.9 Å². The van der Waals surface area contributed by atoms with Gasteiger partial charge in [-0.25, -0.2) is 0 Å². The molecular weight excluding hydrogens is 208 g/mol. The van der Waals surface area contributed by atoms with Gasteiger partial charge in [0.1, 0.15) is 13.0 Å². The quantitative estimate of drug-likeness (QED) is 0.629. The van der Waals surface area contributed by atoms with Crippen LogP contribution in [0.25, 0.3) is 0 Å². The summed E-state index contributed by atoms with van der Waals surface area (Å²) in [5, 5.41) is 8.28. The minimum Gasteiger partial charge on any atom is -0.481 e. The van der Waals surface area contributed by atoms with E-state index in [1.54, 1.807) is 12.1 Å². The van der Waals surface area contributed by atoms with Crippen molar-refractivity contribution in [3.8, 4) is 0 Å². The van der Waals surface area contributed by atoms with Crippen LogP contribution in [0.15, 0.2) is 30.3 Å². The number of hydrogen-bond donors (Lipinski definition) is 1. The molecule has 16 heavy (non-hydrogen) atoms. The van der Waals surface area contributed by atoms with E-state index in [0.717, 1.165) is 5.56 Å². The molecule has 0 aromatic heterocycles. The second-order valence-electron chi connectivity index (χ2n) is 2.72. The third kappa shape index (κ3) is 6.59. The Morgan fingerprint density at radius 1 is 1.19 bits per heavy atom. The van der Waals surface area contributed by atoms with Crippen molar-refractivity contribution in [2.45, 2.75) is 26.9 Å². The fraction of sp³-hybridized carbons (Fsp3) is 0.333. The highest BCUT2D eigenvalue weighted by Gasteiger charge is 2.08. The van der Waals surface area contributed by atoms with Crippen molar-refractivity contribution in [1.82, 2.24) is 0 Å². The first-order valence-corrected chi connectivity index (χ1v) is 5.10. The molecule has 0 aliphatic rings. The van der Waals surface area contributed by atoms with Crippen LogP contribution in [0.4, 0.5) is 0 Å². The van der Waals surface area contributed by atoms with Crippen LogP contribution in [0.1, 0.15) is 25.8 Å². The molecule has 0 aliphatic carbocycles. The molecule has 0 atom stereocenters. The van der Waals surface area contributed by atoms with Crippen molar-refractivity contribution < 1.29 is 19.4 Å². The van der Waals surface area contributed by atoms with Crippen LogP contribution in [-0.4, -0.2) is 17.0 Å². The lowest BCUT2D eigenvalue weighted by Crippen LogP contribution is -2.10. The maximum absolute atomic E-state index is 10.8. The van der Waals surface area contributed by atoms with Crippen LogP contribution >= 0.6 is 0 Å². The van der Waals surface area contributed by atoms with Crippen molar-refractivity contribution >= 4 is 11.9 Å². The second-order valence-corrected chi connectivity index (χ2v) is 2.72. The van der Waals surface area contributed by atoms with E-state index in [4.69, 9.17) is 9.84 Å². The molecule has 4 nitrogen and oxygen atoms in total. The summed E-state index contributed by atoms with van der Waals surface area (Å²) in [4.78, 5) is 20.9. The smallest absolute Gasteiger partial charge is 0.317 e. The van der Waals surface area contributed by atoms with Gasteiger partial charge in [-0.3, -0.25) is 9.59 Å². The number of hydrogen-bond acceptors (Lipinski definition) is 3. The molecule has 0 saturated heterocycles. The van der Waals surface area contributed by atoms with E-state index in [1.807, 2.05) is 32.0 Å². The highest BCUT2D eigenvalue weighted by molar-refractivity contribution is 5.90. The Balaban J connectivity index is 0.00000106. The van der Waals surface area contributed by atoms with Gasteiger partial charge in [0.15, 0.2) is 0 Å². The number of carboxylic acid groups (broad SMARTS) is 1. The van der Waals surface area contributed by atoms with Crippen LogP contribution in [0.5, 0.6) is 0 Å². The van der Waals surface area contributed by atoms with E-state index in [0.29, 0.717) is 0 Å². The Hall–Kier alpha value is -1.84. The Kier molecular flexibility index (Phi) is 7.49. The van der Waals surface area contributed by atoms with Crippen molar-refractivity contribution in [1.29, 1.82) is 0 Å². The van der Waals surface area contributed by atoms with Gasteiger partial charge in [-0.15, -0.1) is 0 Å². The number of rotatable bonds is 4. The summed E-state index contributed by atoms with van der Waals surface area (Å²) in [5.74, 6) is -1.90. The lowest BCUT2D eigenvalue weighted by Gasteiger charge is -2.02. The molecule has 0 radical (unpaired) electrons. The topological polar surface area (TPSA) is 63.6 Å². The van der Waals surface area contributed by atoms with Gasteiger partial charge < -0.3 is 9.84 Å². The first-order chi connectivity index (χ1) is 7.68. The summed E-state index contributed by atoms with van der Waals surface area (Å²) >= 11 is 0. The molecule has 0 heterocycles. The average molecular weight is 224 g/mol. The van der Waals surface area contributed by atoms with Gasteiger partial charge in [0.25, 0.3) is 0 Å². The molecule has 0 aliphatic heterocycles. The molecular formula is C12H16O4. The predicted molar refractivity (Wildman–Crippen MR) is 59.8 cm³/mol. The van der Waals surface area contributed by atoms with E-state index in [1.165, 1.54) is 0 Å². The van der Waals surface area contributed by atoms with Crippen molar-refractivity contribution in [2.75, 3.05) is 0 Å². The van der Waals surface area contributed by atoms with Crippen LogP contribution in [0, 0.1) is 0 Å². The second kappa shape index (κ2) is 8.47. The number of carboxylic acids is 1. The molecule has 0 bridgehead atoms. The minimum absolute atomic E-state index is 0.118. The van der Waals surface area contributed by atoms with Gasteiger partial charge in [-0.2, -0.15) is 0 Å². The maximum atomic E-state index is 10.8. The number of aliphatic carboxylic acids is 1. The first kappa shape index (κ1) is 14.2. The number of benzene rings is 1. The number of esters is 1. The molecule has 0 fully saturated rings. The zero-order valence-corrected chi connectivity index (χ0v) is 9.47. The molecule has 1 aromatic carbocycles. The third-order valence-corrected chi connectivity index (χ3v) is 1.54. The highest BCUT2D eigenvalue weighted by atomic mass is 16.5. The molecule has 0 amide bonds. The van der Waals surface area contributed by atoms with Crippen LogP contribution in [0.3, 0.4) is 0 Å². The van der Waals surface area contributed by atoms with Crippen molar-refractivity contribution in [3.05, 3.63) is 35.9 Å². The van der Waals surface area contributed by atoms with Gasteiger partial charge in [-0.1, -0.05) is 44.2 Å². The summed E-state index contributed by atoms with van der Waals surface area (Å²) in [6.07, 6.45) is -0.590. The molecule has 1 rings (SSSR count). The molecule has 0 spiro atoms. The monoisotopic (exact) mass is 224 g/mol. The van der Waals surface area contributed by atoms with E-state index >= 15 is 0 Å². The van der Waals surface area contributed by atoms with E-state index < -0.39 is 18.4 Å². The van der Waals surface area contributed by atoms with Gasteiger partial charge in [0.2, 0.25) is 0 Å². The summed E-state index contributed by atoms with van der Waals surface area (Å²) in [6, 6.07) is 9.09.